The molecule has 0 fully saturated rings. The van der Waals surface area contributed by atoms with E-state index in [2.05, 4.69) is 53.1 Å². The van der Waals surface area contributed by atoms with Gasteiger partial charge in [-0.3, -0.25) is 0 Å². The van der Waals surface area contributed by atoms with Crippen molar-refractivity contribution in [3.05, 3.63) is 29.8 Å². The SMILES string of the molecule is CCNC(=NCc1ccc(SC)cc1)NCCCOCCOC. The summed E-state index contributed by atoms with van der Waals surface area (Å²) in [5.74, 6) is 0.846. The Balaban J connectivity index is 2.31. The summed E-state index contributed by atoms with van der Waals surface area (Å²) in [4.78, 5) is 5.89. The first kappa shape index (κ1) is 19.8. The van der Waals surface area contributed by atoms with Crippen molar-refractivity contribution in [3.8, 4) is 0 Å². The molecule has 5 nitrogen and oxygen atoms in total. The van der Waals surface area contributed by atoms with Gasteiger partial charge in [-0.1, -0.05) is 12.1 Å². The van der Waals surface area contributed by atoms with E-state index in [0.717, 1.165) is 32.1 Å². The third-order valence-corrected chi connectivity index (χ3v) is 3.86. The summed E-state index contributed by atoms with van der Waals surface area (Å²) in [5, 5.41) is 6.59. The lowest BCUT2D eigenvalue weighted by Crippen LogP contribution is -2.38. The fraction of sp³-hybridized carbons (Fsp3) is 0.588. The second-order valence-electron chi connectivity index (χ2n) is 4.93. The molecule has 0 spiro atoms. The van der Waals surface area contributed by atoms with Crippen LogP contribution in [0.3, 0.4) is 0 Å². The van der Waals surface area contributed by atoms with Crippen LogP contribution in [0.15, 0.2) is 34.2 Å². The monoisotopic (exact) mass is 339 g/mol. The topological polar surface area (TPSA) is 54.9 Å². The van der Waals surface area contributed by atoms with E-state index in [4.69, 9.17) is 9.47 Å². The van der Waals surface area contributed by atoms with Crippen molar-refractivity contribution in [2.45, 2.75) is 24.8 Å². The standard InChI is InChI=1S/C17H29N3O2S/c1-4-18-17(19-10-5-11-22-13-12-21-2)20-14-15-6-8-16(23-3)9-7-15/h6-9H,4-5,10-14H2,1-3H3,(H2,18,19,20). The fourth-order valence-corrected chi connectivity index (χ4v) is 2.28. The molecule has 0 unspecified atom stereocenters. The van der Waals surface area contributed by atoms with E-state index in [1.165, 1.54) is 10.5 Å². The maximum atomic E-state index is 5.44. The molecule has 0 aliphatic carbocycles. The van der Waals surface area contributed by atoms with Gasteiger partial charge in [0.15, 0.2) is 5.96 Å². The van der Waals surface area contributed by atoms with E-state index in [1.807, 2.05) is 0 Å². The Bertz CT molecular complexity index is 438. The molecule has 0 aliphatic heterocycles. The van der Waals surface area contributed by atoms with Gasteiger partial charge < -0.3 is 20.1 Å². The van der Waals surface area contributed by atoms with Gasteiger partial charge in [-0.25, -0.2) is 4.99 Å². The van der Waals surface area contributed by atoms with Gasteiger partial charge in [-0.2, -0.15) is 0 Å². The number of benzene rings is 1. The molecule has 1 aromatic carbocycles. The molecule has 0 aliphatic rings. The minimum Gasteiger partial charge on any atom is -0.382 e. The summed E-state index contributed by atoms with van der Waals surface area (Å²) in [5.41, 5.74) is 1.21. The van der Waals surface area contributed by atoms with Crippen LogP contribution in [0.4, 0.5) is 0 Å². The molecule has 6 heteroatoms. The van der Waals surface area contributed by atoms with E-state index in [1.54, 1.807) is 18.9 Å². The summed E-state index contributed by atoms with van der Waals surface area (Å²) in [6, 6.07) is 8.52. The van der Waals surface area contributed by atoms with E-state index in [9.17, 15) is 0 Å². The number of thioether (sulfide) groups is 1. The van der Waals surface area contributed by atoms with E-state index in [-0.39, 0.29) is 0 Å². The predicted molar refractivity (Wildman–Crippen MR) is 98.4 cm³/mol. The lowest BCUT2D eigenvalue weighted by Gasteiger charge is -2.11. The maximum absolute atomic E-state index is 5.44. The highest BCUT2D eigenvalue weighted by molar-refractivity contribution is 7.98. The van der Waals surface area contributed by atoms with Crippen LogP contribution in [0, 0.1) is 0 Å². The molecule has 1 rings (SSSR count). The molecule has 0 saturated heterocycles. The van der Waals surface area contributed by atoms with Crippen molar-refractivity contribution in [1.29, 1.82) is 0 Å². The molecular formula is C17H29N3O2S. The van der Waals surface area contributed by atoms with E-state index in [0.29, 0.717) is 19.8 Å². The molecular weight excluding hydrogens is 310 g/mol. The number of nitrogens with one attached hydrogen (secondary N) is 2. The Labute approximate surface area is 144 Å². The first-order valence-electron chi connectivity index (χ1n) is 8.02. The largest absolute Gasteiger partial charge is 0.382 e. The lowest BCUT2D eigenvalue weighted by atomic mass is 10.2. The normalized spacial score (nSPS) is 11.5. The zero-order valence-corrected chi connectivity index (χ0v) is 15.2. The van der Waals surface area contributed by atoms with Crippen LogP contribution >= 0.6 is 11.8 Å². The van der Waals surface area contributed by atoms with Gasteiger partial charge >= 0.3 is 0 Å². The van der Waals surface area contributed by atoms with Gasteiger partial charge in [0, 0.05) is 31.7 Å². The molecule has 23 heavy (non-hydrogen) atoms. The quantitative estimate of drug-likeness (QED) is 0.281. The number of ether oxygens (including phenoxy) is 2. The highest BCUT2D eigenvalue weighted by atomic mass is 32.2. The Morgan fingerprint density at radius 1 is 1.13 bits per heavy atom. The van der Waals surface area contributed by atoms with Crippen molar-refractivity contribution >= 4 is 17.7 Å². The van der Waals surface area contributed by atoms with Gasteiger partial charge in [0.1, 0.15) is 0 Å². The lowest BCUT2D eigenvalue weighted by molar-refractivity contribution is 0.0698. The number of guanidine groups is 1. The number of methoxy groups -OCH3 is 1. The van der Waals surface area contributed by atoms with Crippen LogP contribution < -0.4 is 10.6 Å². The molecule has 0 radical (unpaired) electrons. The Kier molecular flexibility index (Phi) is 11.4. The van der Waals surface area contributed by atoms with E-state index >= 15 is 0 Å². The molecule has 0 aromatic heterocycles. The average molecular weight is 340 g/mol. The number of hydrogen-bond donors (Lipinski definition) is 2. The van der Waals surface area contributed by atoms with Crippen molar-refractivity contribution in [2.24, 2.45) is 4.99 Å². The van der Waals surface area contributed by atoms with Crippen molar-refractivity contribution < 1.29 is 9.47 Å². The number of aliphatic imine (C=N–C) groups is 1. The molecule has 0 heterocycles. The summed E-state index contributed by atoms with van der Waals surface area (Å²) in [7, 11) is 1.68. The summed E-state index contributed by atoms with van der Waals surface area (Å²) in [6.45, 7) is 6.45. The Morgan fingerprint density at radius 3 is 2.57 bits per heavy atom. The van der Waals surface area contributed by atoms with Crippen LogP contribution in [-0.2, 0) is 16.0 Å². The van der Waals surface area contributed by atoms with Crippen LogP contribution in [0.2, 0.25) is 0 Å². The smallest absolute Gasteiger partial charge is 0.191 e. The zero-order valence-electron chi connectivity index (χ0n) is 14.4. The molecule has 0 saturated carbocycles. The van der Waals surface area contributed by atoms with Gasteiger partial charge in [0.25, 0.3) is 0 Å². The second-order valence-corrected chi connectivity index (χ2v) is 5.81. The van der Waals surface area contributed by atoms with Gasteiger partial charge in [-0.15, -0.1) is 11.8 Å². The highest BCUT2D eigenvalue weighted by Gasteiger charge is 1.98. The third kappa shape index (κ3) is 9.48. The predicted octanol–water partition coefficient (Wildman–Crippen LogP) is 2.52. The first-order valence-corrected chi connectivity index (χ1v) is 9.24. The van der Waals surface area contributed by atoms with Crippen LogP contribution in [0.1, 0.15) is 18.9 Å². The van der Waals surface area contributed by atoms with Crippen LogP contribution in [0.5, 0.6) is 0 Å². The molecule has 0 atom stereocenters. The zero-order chi connectivity index (χ0) is 16.8. The minimum atomic E-state index is 0.646. The van der Waals surface area contributed by atoms with Crippen molar-refractivity contribution in [2.75, 3.05) is 46.3 Å². The second kappa shape index (κ2) is 13.2. The number of nitrogens with zero attached hydrogens (tertiary/aromatic N) is 1. The van der Waals surface area contributed by atoms with Gasteiger partial charge in [-0.05, 0) is 37.3 Å². The molecule has 1 aromatic rings. The highest BCUT2D eigenvalue weighted by Crippen LogP contribution is 2.15. The summed E-state index contributed by atoms with van der Waals surface area (Å²) >= 11 is 1.75. The summed E-state index contributed by atoms with van der Waals surface area (Å²) < 4.78 is 10.4. The minimum absolute atomic E-state index is 0.646. The van der Waals surface area contributed by atoms with Crippen LogP contribution in [0.25, 0.3) is 0 Å². The van der Waals surface area contributed by atoms with Gasteiger partial charge in [0.05, 0.1) is 19.8 Å². The molecule has 0 amide bonds. The fourth-order valence-electron chi connectivity index (χ4n) is 1.87. The third-order valence-electron chi connectivity index (χ3n) is 3.11. The molecule has 2 N–H and O–H groups in total. The molecule has 0 bridgehead atoms. The van der Waals surface area contributed by atoms with E-state index < -0.39 is 0 Å². The summed E-state index contributed by atoms with van der Waals surface area (Å²) in [6.07, 6.45) is 3.02. The Hall–Kier alpha value is -1.24. The molecule has 130 valence electrons. The number of rotatable bonds is 11. The van der Waals surface area contributed by atoms with Crippen molar-refractivity contribution in [1.82, 2.24) is 10.6 Å². The maximum Gasteiger partial charge on any atom is 0.191 e. The Morgan fingerprint density at radius 2 is 1.91 bits per heavy atom. The number of hydrogen-bond acceptors (Lipinski definition) is 4. The first-order chi connectivity index (χ1) is 11.3. The average Bonchev–Trinajstić information content (AvgIpc) is 2.59. The van der Waals surface area contributed by atoms with Crippen molar-refractivity contribution in [3.63, 3.8) is 0 Å². The van der Waals surface area contributed by atoms with Crippen LogP contribution in [-0.4, -0.2) is 52.2 Å². The van der Waals surface area contributed by atoms with Gasteiger partial charge in [0.2, 0.25) is 0 Å².